The van der Waals surface area contributed by atoms with Gasteiger partial charge in [-0.2, -0.15) is 0 Å². The summed E-state index contributed by atoms with van der Waals surface area (Å²) < 4.78 is 14.1. The largest absolute Gasteiger partial charge is 0.392 e. The number of aliphatic hydroxyl groups excluding tert-OH is 2. The fourth-order valence-electron chi connectivity index (χ4n) is 15.3. The summed E-state index contributed by atoms with van der Waals surface area (Å²) in [6, 6.07) is 9.24. The Kier molecular flexibility index (Phi) is 9.54. The van der Waals surface area contributed by atoms with Crippen LogP contribution >= 0.6 is 0 Å². The maximum Gasteiger partial charge on any atom is 0.160 e. The van der Waals surface area contributed by atoms with Crippen LogP contribution in [0.4, 0.5) is 0 Å². The Labute approximate surface area is 362 Å². The number of hydrogen-bond acceptors (Lipinski definition) is 6. The zero-order chi connectivity index (χ0) is 43.2. The highest BCUT2D eigenvalue weighted by Gasteiger charge is 2.73. The van der Waals surface area contributed by atoms with E-state index in [0.717, 1.165) is 73.2 Å². The average molecular weight is 829 g/mol. The molecule has 5 fully saturated rings. The van der Waals surface area contributed by atoms with Crippen LogP contribution < -0.4 is 0 Å². The second-order valence-electron chi connectivity index (χ2n) is 22.5. The number of rotatable bonds is 7. The molecule has 8 nitrogen and oxygen atoms in total. The molecular weight excluding hydrogens is 761 g/mol. The Bertz CT molecular complexity index is 2410. The van der Waals surface area contributed by atoms with E-state index in [2.05, 4.69) is 94.1 Å². The van der Waals surface area contributed by atoms with Crippen molar-refractivity contribution in [1.29, 1.82) is 0 Å². The number of epoxide rings is 1. The van der Waals surface area contributed by atoms with Gasteiger partial charge in [-0.3, -0.25) is 9.59 Å². The van der Waals surface area contributed by atoms with Crippen LogP contribution in [-0.2, 0) is 38.4 Å². The number of aliphatic hydroxyl groups is 2. The number of aromatic amines is 1. The van der Waals surface area contributed by atoms with E-state index in [1.165, 1.54) is 22.3 Å². The molecule has 0 radical (unpaired) electrons. The zero-order valence-corrected chi connectivity index (χ0v) is 38.0. The summed E-state index contributed by atoms with van der Waals surface area (Å²) in [5, 5.41) is 25.1. The number of nitrogens with zero attached hydrogens (tertiary/aromatic N) is 1. The lowest BCUT2D eigenvalue weighted by molar-refractivity contribution is -0.229. The summed E-state index contributed by atoms with van der Waals surface area (Å²) in [4.78, 5) is 32.8. The summed E-state index contributed by atoms with van der Waals surface area (Å²) >= 11 is 0. The molecule has 11 unspecified atom stereocenters. The number of hydrogen-bond donors (Lipinski definition) is 3. The number of ether oxygens (including phenoxy) is 2. The summed E-state index contributed by atoms with van der Waals surface area (Å²) in [5.41, 5.74) is 8.07. The van der Waals surface area contributed by atoms with Crippen molar-refractivity contribution >= 4 is 22.6 Å². The third kappa shape index (κ3) is 5.99. The lowest BCUT2D eigenvalue weighted by Gasteiger charge is -2.71. The predicted octanol–water partition coefficient (Wildman–Crippen LogP) is 8.81. The second-order valence-corrected chi connectivity index (χ2v) is 22.5. The first-order valence-corrected chi connectivity index (χ1v) is 23.5. The van der Waals surface area contributed by atoms with E-state index >= 15 is 0 Å². The SMILES string of the molecule is Cc1cc(Cc2c3n(c4cc[nH]c24)CC2C4=C(C(C)CC(O)C5OC5(C)C)C(=O)CC4(C)C4(C)CCC5C(C)(C)C(=O)CC(C#CC3)C5(C)C4C2O)cc(C2CCOCC2)c1. The van der Waals surface area contributed by atoms with Crippen LogP contribution in [0.2, 0.25) is 0 Å². The Morgan fingerprint density at radius 1 is 1.03 bits per heavy atom. The standard InChI is InChI=1S/C53H68N2O6/c1-29-21-31(24-33(22-29)32-15-19-60-20-16-32)25-35-37-12-10-11-34-26-42(58)49(3,4)41-13-17-51(7)47(53(34,41)9)46(59)36(28-55(37)38-14-18-54-45(35)38)44-43(40(57)27-52(44,51)8)30(2)23-39(56)48-50(5,6)61-48/h14,18,21-22,24,30,32,34,36,39,41,46-48,54,56,59H,12-13,15-17,19-20,23,25-28H2,1-9H3. The zero-order valence-electron chi connectivity index (χ0n) is 38.0. The number of H-pyrrole nitrogens is 1. The monoisotopic (exact) mass is 829 g/mol. The van der Waals surface area contributed by atoms with Crippen LogP contribution in [0.15, 0.2) is 41.6 Å². The van der Waals surface area contributed by atoms with Gasteiger partial charge in [0, 0.05) is 85.6 Å². The molecule has 0 amide bonds. The van der Waals surface area contributed by atoms with Crippen LogP contribution in [0.5, 0.6) is 0 Å². The van der Waals surface area contributed by atoms with Gasteiger partial charge < -0.3 is 29.2 Å². The first kappa shape index (κ1) is 41.5. The maximum absolute atomic E-state index is 14.9. The van der Waals surface area contributed by atoms with Crippen LogP contribution in [-0.4, -0.2) is 68.5 Å². The number of carbonyl (C=O) groups excluding carboxylic acids is 2. The van der Waals surface area contributed by atoms with Crippen molar-refractivity contribution in [3.05, 3.63) is 69.6 Å². The topological polar surface area (TPSA) is 117 Å². The smallest absolute Gasteiger partial charge is 0.160 e. The van der Waals surface area contributed by atoms with Gasteiger partial charge in [0.25, 0.3) is 0 Å². The minimum Gasteiger partial charge on any atom is -0.392 e. The third-order valence-corrected chi connectivity index (χ3v) is 18.5. The van der Waals surface area contributed by atoms with Gasteiger partial charge >= 0.3 is 0 Å². The molecule has 2 bridgehead atoms. The van der Waals surface area contributed by atoms with Gasteiger partial charge in [-0.1, -0.05) is 77.1 Å². The summed E-state index contributed by atoms with van der Waals surface area (Å²) in [7, 11) is 0. The molecule has 3 N–H and O–H groups in total. The number of allylic oxidation sites excluding steroid dienone is 1. The molecule has 4 aliphatic carbocycles. The quantitative estimate of drug-likeness (QED) is 0.162. The predicted molar refractivity (Wildman–Crippen MR) is 237 cm³/mol. The molecule has 11 atom stereocenters. The number of aryl methyl sites for hydroxylation is 1. The minimum atomic E-state index is -0.775. The minimum absolute atomic E-state index is 0.0495. The summed E-state index contributed by atoms with van der Waals surface area (Å²) in [6.45, 7) is 21.8. The molecule has 3 aromatic rings. The van der Waals surface area contributed by atoms with Gasteiger partial charge in [0.15, 0.2) is 5.78 Å². The molecular formula is C53H68N2O6. The van der Waals surface area contributed by atoms with E-state index in [9.17, 15) is 19.8 Å². The first-order valence-electron chi connectivity index (χ1n) is 23.5. The molecule has 2 saturated heterocycles. The van der Waals surface area contributed by atoms with Crippen molar-refractivity contribution in [3.8, 4) is 11.8 Å². The highest BCUT2D eigenvalue weighted by molar-refractivity contribution is 6.01. The van der Waals surface area contributed by atoms with Gasteiger partial charge in [-0.25, -0.2) is 0 Å². The molecule has 1 aromatic carbocycles. The normalized spacial score (nSPS) is 37.4. The molecule has 61 heavy (non-hydrogen) atoms. The van der Waals surface area contributed by atoms with E-state index in [4.69, 9.17) is 9.47 Å². The Balaban J connectivity index is 1.16. The summed E-state index contributed by atoms with van der Waals surface area (Å²) in [5.74, 6) is 7.52. The van der Waals surface area contributed by atoms with Crippen molar-refractivity contribution < 1.29 is 29.3 Å². The number of aromatic nitrogens is 2. The molecule has 2 aromatic heterocycles. The van der Waals surface area contributed by atoms with E-state index in [0.29, 0.717) is 38.1 Å². The van der Waals surface area contributed by atoms with Crippen molar-refractivity contribution in [2.24, 2.45) is 51.2 Å². The lowest BCUT2D eigenvalue weighted by atomic mass is 9.33. The fourth-order valence-corrected chi connectivity index (χ4v) is 15.3. The number of fused-ring (bicyclic) bond motifs is 7. The highest BCUT2D eigenvalue weighted by atomic mass is 16.6. The molecule has 3 aliphatic heterocycles. The summed E-state index contributed by atoms with van der Waals surface area (Å²) in [6.07, 6.45) is 6.52. The Hall–Kier alpha value is -3.48. The van der Waals surface area contributed by atoms with E-state index in [1.807, 2.05) is 20.0 Å². The van der Waals surface area contributed by atoms with Gasteiger partial charge in [0.2, 0.25) is 0 Å². The number of benzene rings is 1. The van der Waals surface area contributed by atoms with E-state index in [1.54, 1.807) is 0 Å². The van der Waals surface area contributed by atoms with Gasteiger partial charge in [-0.05, 0) is 116 Å². The van der Waals surface area contributed by atoms with Gasteiger partial charge in [-0.15, -0.1) is 0 Å². The molecule has 326 valence electrons. The third-order valence-electron chi connectivity index (χ3n) is 18.5. The van der Waals surface area contributed by atoms with Crippen molar-refractivity contribution in [2.45, 2.75) is 156 Å². The van der Waals surface area contributed by atoms with Crippen molar-refractivity contribution in [2.75, 3.05) is 13.2 Å². The number of Topliss-reactive ketones (excluding diaryl/α,β-unsaturated/α-hetero) is 2. The Morgan fingerprint density at radius 3 is 2.49 bits per heavy atom. The van der Waals surface area contributed by atoms with Gasteiger partial charge in [0.1, 0.15) is 11.9 Å². The van der Waals surface area contributed by atoms with E-state index < -0.39 is 33.9 Å². The van der Waals surface area contributed by atoms with Crippen LogP contribution in [0.1, 0.15) is 134 Å². The Morgan fingerprint density at radius 2 is 1.77 bits per heavy atom. The molecule has 8 heteroatoms. The molecule has 5 heterocycles. The van der Waals surface area contributed by atoms with E-state index in [-0.39, 0.29) is 52.9 Å². The first-order chi connectivity index (χ1) is 28.8. The number of nitrogens with one attached hydrogen (secondary N) is 1. The lowest BCUT2D eigenvalue weighted by Crippen LogP contribution is -2.69. The van der Waals surface area contributed by atoms with Crippen molar-refractivity contribution in [1.82, 2.24) is 9.55 Å². The number of carbonyl (C=O) groups is 2. The average Bonchev–Trinajstić information content (AvgIpc) is 3.44. The molecule has 10 rings (SSSR count). The molecule has 3 saturated carbocycles. The molecule has 7 aliphatic rings. The van der Waals surface area contributed by atoms with Crippen LogP contribution in [0, 0.1) is 70.0 Å². The fraction of sp³-hybridized carbons (Fsp3) is 0.660. The second kappa shape index (κ2) is 14.0. The van der Waals surface area contributed by atoms with Crippen LogP contribution in [0.25, 0.3) is 11.0 Å². The van der Waals surface area contributed by atoms with Crippen molar-refractivity contribution in [3.63, 3.8) is 0 Å². The van der Waals surface area contributed by atoms with Gasteiger partial charge in [0.05, 0.1) is 28.8 Å². The molecule has 0 spiro atoms. The maximum atomic E-state index is 14.9. The number of ketones is 2. The van der Waals surface area contributed by atoms with Crippen LogP contribution in [0.3, 0.4) is 0 Å². The highest BCUT2D eigenvalue weighted by Crippen LogP contribution is 2.76.